The minimum Gasteiger partial charge on any atom is -0.344 e. The molecule has 0 radical (unpaired) electrons. The first-order chi connectivity index (χ1) is 8.90. The van der Waals surface area contributed by atoms with Gasteiger partial charge in [0.2, 0.25) is 0 Å². The van der Waals surface area contributed by atoms with E-state index < -0.39 is 0 Å². The lowest BCUT2D eigenvalue weighted by Gasteiger charge is -2.13. The Kier molecular flexibility index (Phi) is 3.37. The maximum absolute atomic E-state index is 5.64. The summed E-state index contributed by atoms with van der Waals surface area (Å²) in [4.78, 5) is 0. The highest BCUT2D eigenvalue weighted by atomic mass is 15.0. The fraction of sp³-hybridized carbons (Fsp3) is 0.500. The molecule has 96 valence electrons. The number of hydrogen-bond donors (Lipinski definition) is 1. The third kappa shape index (κ3) is 2.05. The van der Waals surface area contributed by atoms with E-state index in [4.69, 9.17) is 5.73 Å². The normalized spacial score (nSPS) is 16.7. The van der Waals surface area contributed by atoms with Crippen molar-refractivity contribution in [2.75, 3.05) is 6.54 Å². The second-order valence-corrected chi connectivity index (χ2v) is 5.41. The third-order valence-corrected chi connectivity index (χ3v) is 4.19. The van der Waals surface area contributed by atoms with Crippen molar-refractivity contribution in [3.63, 3.8) is 0 Å². The van der Waals surface area contributed by atoms with Crippen molar-refractivity contribution in [1.82, 2.24) is 4.57 Å². The molecule has 2 heteroatoms. The Hall–Kier alpha value is -1.28. The fourth-order valence-electron chi connectivity index (χ4n) is 3.25. The number of aromatic nitrogens is 1. The minimum atomic E-state index is 0.724. The molecule has 18 heavy (non-hydrogen) atoms. The monoisotopic (exact) mass is 242 g/mol. The highest BCUT2D eigenvalue weighted by Gasteiger charge is 2.19. The van der Waals surface area contributed by atoms with Gasteiger partial charge in [-0.05, 0) is 43.9 Å². The molecule has 1 aromatic carbocycles. The third-order valence-electron chi connectivity index (χ3n) is 4.19. The van der Waals surface area contributed by atoms with E-state index in [1.165, 1.54) is 42.1 Å². The molecule has 2 aromatic rings. The molecule has 1 aliphatic carbocycles. The average molecular weight is 242 g/mol. The zero-order valence-corrected chi connectivity index (χ0v) is 10.9. The summed E-state index contributed by atoms with van der Waals surface area (Å²) >= 11 is 0. The largest absolute Gasteiger partial charge is 0.344 e. The predicted molar refractivity (Wildman–Crippen MR) is 76.8 cm³/mol. The summed E-state index contributed by atoms with van der Waals surface area (Å²) < 4.78 is 2.52. The molecule has 1 aliphatic rings. The van der Waals surface area contributed by atoms with Gasteiger partial charge in [0, 0.05) is 23.1 Å². The van der Waals surface area contributed by atoms with Crippen LogP contribution in [0.5, 0.6) is 0 Å². The van der Waals surface area contributed by atoms with Gasteiger partial charge in [-0.3, -0.25) is 0 Å². The molecule has 2 N–H and O–H groups in total. The number of rotatable bonds is 4. The Morgan fingerprint density at radius 1 is 1.17 bits per heavy atom. The molecule has 1 fully saturated rings. The van der Waals surface area contributed by atoms with Crippen molar-refractivity contribution >= 4 is 10.9 Å². The van der Waals surface area contributed by atoms with E-state index >= 15 is 0 Å². The van der Waals surface area contributed by atoms with Crippen LogP contribution in [0.25, 0.3) is 10.9 Å². The van der Waals surface area contributed by atoms with Crippen LogP contribution in [0.2, 0.25) is 0 Å². The van der Waals surface area contributed by atoms with Gasteiger partial charge >= 0.3 is 0 Å². The lowest BCUT2D eigenvalue weighted by atomic mass is 10.1. The number of benzene rings is 1. The maximum atomic E-state index is 5.64. The van der Waals surface area contributed by atoms with Gasteiger partial charge in [-0.2, -0.15) is 0 Å². The van der Waals surface area contributed by atoms with Gasteiger partial charge in [-0.15, -0.1) is 0 Å². The summed E-state index contributed by atoms with van der Waals surface area (Å²) in [5.41, 5.74) is 8.53. The van der Waals surface area contributed by atoms with Gasteiger partial charge in [0.25, 0.3) is 0 Å². The van der Waals surface area contributed by atoms with E-state index in [0.29, 0.717) is 0 Å². The molecular formula is C16H22N2. The van der Waals surface area contributed by atoms with Crippen molar-refractivity contribution in [2.45, 2.75) is 44.6 Å². The molecule has 2 nitrogen and oxygen atoms in total. The lowest BCUT2D eigenvalue weighted by Crippen LogP contribution is -2.03. The van der Waals surface area contributed by atoms with E-state index in [0.717, 1.165) is 25.4 Å². The van der Waals surface area contributed by atoms with Gasteiger partial charge in [-0.1, -0.05) is 31.0 Å². The second kappa shape index (κ2) is 5.15. The number of aryl methyl sites for hydroxylation is 1. The Labute approximate surface area is 109 Å². The zero-order chi connectivity index (χ0) is 12.4. The standard InChI is InChI=1S/C16H22N2/c17-11-5-6-13-12-18(14-7-1-2-8-14)16-10-4-3-9-15(13)16/h3-4,9-10,12,14H,1-2,5-8,11,17H2. The van der Waals surface area contributed by atoms with Crippen molar-refractivity contribution in [3.8, 4) is 0 Å². The number of fused-ring (bicyclic) bond motifs is 1. The molecule has 0 spiro atoms. The van der Waals surface area contributed by atoms with Crippen molar-refractivity contribution < 1.29 is 0 Å². The first kappa shape index (κ1) is 11.8. The summed E-state index contributed by atoms with van der Waals surface area (Å²) in [7, 11) is 0. The molecule has 1 heterocycles. The highest BCUT2D eigenvalue weighted by molar-refractivity contribution is 5.84. The van der Waals surface area contributed by atoms with Crippen LogP contribution in [-0.4, -0.2) is 11.1 Å². The van der Waals surface area contributed by atoms with E-state index in [1.807, 2.05) is 0 Å². The Balaban J connectivity index is 2.02. The number of nitrogens with zero attached hydrogens (tertiary/aromatic N) is 1. The zero-order valence-electron chi connectivity index (χ0n) is 10.9. The Morgan fingerprint density at radius 2 is 1.94 bits per heavy atom. The van der Waals surface area contributed by atoms with Crippen LogP contribution in [0.3, 0.4) is 0 Å². The predicted octanol–water partition coefficient (Wildman–Crippen LogP) is 3.65. The van der Waals surface area contributed by atoms with E-state index in [1.54, 1.807) is 0 Å². The van der Waals surface area contributed by atoms with Gasteiger partial charge < -0.3 is 10.3 Å². The smallest absolute Gasteiger partial charge is 0.0485 e. The van der Waals surface area contributed by atoms with Gasteiger partial charge in [0.15, 0.2) is 0 Å². The van der Waals surface area contributed by atoms with Crippen molar-refractivity contribution in [1.29, 1.82) is 0 Å². The molecule has 0 saturated heterocycles. The molecule has 0 amide bonds. The molecule has 1 saturated carbocycles. The summed E-state index contributed by atoms with van der Waals surface area (Å²) in [5.74, 6) is 0. The van der Waals surface area contributed by atoms with Gasteiger partial charge in [-0.25, -0.2) is 0 Å². The molecule has 0 unspecified atom stereocenters. The van der Waals surface area contributed by atoms with Crippen LogP contribution in [0.15, 0.2) is 30.5 Å². The van der Waals surface area contributed by atoms with Crippen LogP contribution in [0.1, 0.15) is 43.7 Å². The maximum Gasteiger partial charge on any atom is 0.0485 e. The van der Waals surface area contributed by atoms with Gasteiger partial charge in [0.05, 0.1) is 0 Å². The van der Waals surface area contributed by atoms with Crippen molar-refractivity contribution in [2.24, 2.45) is 5.73 Å². The van der Waals surface area contributed by atoms with Crippen LogP contribution >= 0.6 is 0 Å². The van der Waals surface area contributed by atoms with Crippen molar-refractivity contribution in [3.05, 3.63) is 36.0 Å². The first-order valence-corrected chi connectivity index (χ1v) is 7.18. The van der Waals surface area contributed by atoms with Crippen LogP contribution < -0.4 is 5.73 Å². The molecule has 1 aromatic heterocycles. The van der Waals surface area contributed by atoms with Crippen LogP contribution in [0, 0.1) is 0 Å². The lowest BCUT2D eigenvalue weighted by molar-refractivity contribution is 0.534. The average Bonchev–Trinajstić information content (AvgIpc) is 3.04. The van der Waals surface area contributed by atoms with Crippen LogP contribution in [0.4, 0.5) is 0 Å². The minimum absolute atomic E-state index is 0.724. The molecule has 0 bridgehead atoms. The van der Waals surface area contributed by atoms with E-state index in [-0.39, 0.29) is 0 Å². The summed E-state index contributed by atoms with van der Waals surface area (Å²) in [6.45, 7) is 0.781. The summed E-state index contributed by atoms with van der Waals surface area (Å²) in [6, 6.07) is 9.54. The highest BCUT2D eigenvalue weighted by Crippen LogP contribution is 2.34. The number of nitrogens with two attached hydrogens (primary N) is 1. The molecule has 0 atom stereocenters. The quantitative estimate of drug-likeness (QED) is 0.871. The Morgan fingerprint density at radius 3 is 2.72 bits per heavy atom. The SMILES string of the molecule is NCCCc1cn(C2CCCC2)c2ccccc12. The first-order valence-electron chi connectivity index (χ1n) is 7.18. The summed E-state index contributed by atoms with van der Waals surface area (Å²) in [5, 5.41) is 1.43. The van der Waals surface area contributed by atoms with Gasteiger partial charge in [0.1, 0.15) is 0 Å². The number of para-hydroxylation sites is 1. The van der Waals surface area contributed by atoms with E-state index in [2.05, 4.69) is 35.0 Å². The van der Waals surface area contributed by atoms with Crippen LogP contribution in [-0.2, 0) is 6.42 Å². The van der Waals surface area contributed by atoms with E-state index in [9.17, 15) is 0 Å². The molecule has 0 aliphatic heterocycles. The molecular weight excluding hydrogens is 220 g/mol. The number of hydrogen-bond acceptors (Lipinski definition) is 1. The second-order valence-electron chi connectivity index (χ2n) is 5.41. The molecule has 3 rings (SSSR count). The summed E-state index contributed by atoms with van der Waals surface area (Å²) in [6.07, 6.45) is 10.0. The Bertz CT molecular complexity index is 521. The fourth-order valence-corrected chi connectivity index (χ4v) is 3.25. The topological polar surface area (TPSA) is 30.9 Å².